The minimum atomic E-state index is -0.799. The first-order chi connectivity index (χ1) is 8.20. The van der Waals surface area contributed by atoms with Crippen molar-refractivity contribution in [3.05, 3.63) is 0 Å². The molecule has 106 valence electrons. The van der Waals surface area contributed by atoms with Crippen LogP contribution < -0.4 is 5.32 Å². The Hall–Kier alpha value is -0.610. The van der Waals surface area contributed by atoms with Gasteiger partial charge in [-0.05, 0) is 53.4 Å². The fraction of sp³-hybridized carbons (Fsp3) is 0.929. The van der Waals surface area contributed by atoms with Crippen LogP contribution >= 0.6 is 0 Å². The average molecular weight is 257 g/mol. The molecule has 4 heteroatoms. The van der Waals surface area contributed by atoms with E-state index in [-0.39, 0.29) is 0 Å². The second kappa shape index (κ2) is 5.57. The predicted octanol–water partition coefficient (Wildman–Crippen LogP) is 2.42. The van der Waals surface area contributed by atoms with E-state index in [2.05, 4.69) is 5.32 Å². The highest BCUT2D eigenvalue weighted by Crippen LogP contribution is 2.33. The Morgan fingerprint density at radius 3 is 2.39 bits per heavy atom. The van der Waals surface area contributed by atoms with Crippen LogP contribution in [0.15, 0.2) is 0 Å². The van der Waals surface area contributed by atoms with E-state index in [0.29, 0.717) is 12.1 Å². The first-order valence-corrected chi connectivity index (χ1v) is 6.74. The number of nitrogens with one attached hydrogen (secondary N) is 1. The predicted molar refractivity (Wildman–Crippen MR) is 71.7 cm³/mol. The zero-order valence-electron chi connectivity index (χ0n) is 12.2. The zero-order valence-corrected chi connectivity index (χ0v) is 12.2. The van der Waals surface area contributed by atoms with Crippen LogP contribution in [0.1, 0.15) is 53.4 Å². The van der Waals surface area contributed by atoms with Crippen LogP contribution in [0.25, 0.3) is 0 Å². The van der Waals surface area contributed by atoms with Crippen molar-refractivity contribution in [3.8, 4) is 0 Å². The molecular formula is C14H27NO3. The molecule has 0 heterocycles. The molecule has 1 aliphatic rings. The lowest BCUT2D eigenvalue weighted by Gasteiger charge is -2.43. The van der Waals surface area contributed by atoms with Gasteiger partial charge in [0.25, 0.3) is 0 Å². The molecule has 1 saturated carbocycles. The summed E-state index contributed by atoms with van der Waals surface area (Å²) in [5, 5.41) is 12.9. The summed E-state index contributed by atoms with van der Waals surface area (Å²) in [5.74, 6) is -0.765. The molecule has 1 aliphatic carbocycles. The van der Waals surface area contributed by atoms with Gasteiger partial charge < -0.3 is 15.2 Å². The van der Waals surface area contributed by atoms with E-state index in [1.54, 1.807) is 21.0 Å². The van der Waals surface area contributed by atoms with Crippen molar-refractivity contribution in [1.29, 1.82) is 0 Å². The molecule has 0 amide bonds. The number of hydrogen-bond acceptors (Lipinski definition) is 3. The highest BCUT2D eigenvalue weighted by Gasteiger charge is 2.44. The molecule has 1 fully saturated rings. The Bertz CT molecular complexity index is 299. The number of carboxylic acids is 1. The van der Waals surface area contributed by atoms with Crippen LogP contribution in [-0.4, -0.2) is 35.9 Å². The molecule has 0 aromatic carbocycles. The lowest BCUT2D eigenvalue weighted by molar-refractivity contribution is -0.151. The lowest BCUT2D eigenvalue weighted by Crippen LogP contribution is -2.59. The normalized spacial score (nSPS) is 26.1. The Labute approximate surface area is 110 Å². The van der Waals surface area contributed by atoms with Gasteiger partial charge in [0.05, 0.1) is 11.5 Å². The third kappa shape index (κ3) is 3.23. The van der Waals surface area contributed by atoms with Crippen molar-refractivity contribution in [2.24, 2.45) is 5.41 Å². The maximum Gasteiger partial charge on any atom is 0.310 e. The molecule has 2 N–H and O–H groups in total. The smallest absolute Gasteiger partial charge is 0.310 e. The quantitative estimate of drug-likeness (QED) is 0.794. The molecule has 0 spiro atoms. The van der Waals surface area contributed by atoms with Gasteiger partial charge in [-0.25, -0.2) is 0 Å². The Morgan fingerprint density at radius 2 is 1.89 bits per heavy atom. The summed E-state index contributed by atoms with van der Waals surface area (Å²) in [6.45, 7) is 7.49. The van der Waals surface area contributed by atoms with Gasteiger partial charge in [-0.3, -0.25) is 4.79 Å². The number of methoxy groups -OCH3 is 1. The lowest BCUT2D eigenvalue weighted by atomic mass is 9.73. The van der Waals surface area contributed by atoms with E-state index in [4.69, 9.17) is 4.74 Å². The van der Waals surface area contributed by atoms with Gasteiger partial charge in [-0.15, -0.1) is 0 Å². The summed E-state index contributed by atoms with van der Waals surface area (Å²) in [7, 11) is 1.75. The molecule has 2 unspecified atom stereocenters. The highest BCUT2D eigenvalue weighted by molar-refractivity contribution is 5.75. The second-order valence-corrected chi connectivity index (χ2v) is 6.42. The van der Waals surface area contributed by atoms with Gasteiger partial charge >= 0.3 is 5.97 Å². The van der Waals surface area contributed by atoms with Gasteiger partial charge in [0, 0.05) is 18.7 Å². The standard InChI is InChI=1S/C14H27NO3/c1-13(2,12(16)17)14(3,4)15-10-7-6-8-11(9-10)18-5/h10-11,15H,6-9H2,1-5H3,(H,16,17). The van der Waals surface area contributed by atoms with E-state index >= 15 is 0 Å². The largest absolute Gasteiger partial charge is 0.481 e. The molecule has 0 radical (unpaired) electrons. The molecule has 0 bridgehead atoms. The minimum absolute atomic E-state index is 0.306. The number of aliphatic carboxylic acids is 1. The summed E-state index contributed by atoms with van der Waals surface area (Å²) in [6.07, 6.45) is 4.62. The van der Waals surface area contributed by atoms with Crippen molar-refractivity contribution in [2.75, 3.05) is 7.11 Å². The molecule has 0 aromatic rings. The minimum Gasteiger partial charge on any atom is -0.481 e. The Kier molecular flexibility index (Phi) is 4.78. The molecule has 0 aromatic heterocycles. The van der Waals surface area contributed by atoms with E-state index in [1.165, 1.54) is 0 Å². The molecule has 1 rings (SSSR count). The van der Waals surface area contributed by atoms with Crippen LogP contribution in [0.5, 0.6) is 0 Å². The topological polar surface area (TPSA) is 58.6 Å². The van der Waals surface area contributed by atoms with Crippen molar-refractivity contribution in [2.45, 2.75) is 71.1 Å². The molecule has 18 heavy (non-hydrogen) atoms. The Morgan fingerprint density at radius 1 is 1.28 bits per heavy atom. The van der Waals surface area contributed by atoms with Crippen molar-refractivity contribution in [3.63, 3.8) is 0 Å². The third-order valence-corrected chi connectivity index (χ3v) is 4.62. The SMILES string of the molecule is COC1CCCC(NC(C)(C)C(C)(C)C(=O)O)C1. The van der Waals surface area contributed by atoms with Gasteiger partial charge in [-0.2, -0.15) is 0 Å². The molecule has 0 aliphatic heterocycles. The highest BCUT2D eigenvalue weighted by atomic mass is 16.5. The third-order valence-electron chi connectivity index (χ3n) is 4.62. The van der Waals surface area contributed by atoms with Crippen LogP contribution in [0.4, 0.5) is 0 Å². The van der Waals surface area contributed by atoms with Crippen molar-refractivity contribution < 1.29 is 14.6 Å². The van der Waals surface area contributed by atoms with E-state index < -0.39 is 16.9 Å². The van der Waals surface area contributed by atoms with Crippen LogP contribution in [0, 0.1) is 5.41 Å². The van der Waals surface area contributed by atoms with E-state index in [1.807, 2.05) is 13.8 Å². The fourth-order valence-corrected chi connectivity index (χ4v) is 2.45. The average Bonchev–Trinajstić information content (AvgIpc) is 2.28. The van der Waals surface area contributed by atoms with Gasteiger partial charge in [0.15, 0.2) is 0 Å². The first-order valence-electron chi connectivity index (χ1n) is 6.74. The number of hydrogen-bond donors (Lipinski definition) is 2. The number of carbonyl (C=O) groups is 1. The van der Waals surface area contributed by atoms with E-state index in [0.717, 1.165) is 25.7 Å². The zero-order chi connectivity index (χ0) is 14.0. The van der Waals surface area contributed by atoms with Crippen LogP contribution in [0.3, 0.4) is 0 Å². The second-order valence-electron chi connectivity index (χ2n) is 6.42. The molecule has 4 nitrogen and oxygen atoms in total. The molecule has 0 saturated heterocycles. The summed E-state index contributed by atoms with van der Waals surface area (Å²) >= 11 is 0. The summed E-state index contributed by atoms with van der Waals surface area (Å²) in [4.78, 5) is 11.4. The first kappa shape index (κ1) is 15.4. The van der Waals surface area contributed by atoms with Crippen molar-refractivity contribution >= 4 is 5.97 Å². The van der Waals surface area contributed by atoms with E-state index in [9.17, 15) is 9.90 Å². The Balaban J connectivity index is 2.67. The number of carboxylic acid groups (broad SMARTS) is 1. The van der Waals surface area contributed by atoms with Gasteiger partial charge in [-0.1, -0.05) is 0 Å². The summed E-state index contributed by atoms with van der Waals surface area (Å²) < 4.78 is 5.41. The van der Waals surface area contributed by atoms with Crippen LogP contribution in [-0.2, 0) is 9.53 Å². The fourth-order valence-electron chi connectivity index (χ4n) is 2.45. The number of rotatable bonds is 5. The number of ether oxygens (including phenoxy) is 1. The summed E-state index contributed by atoms with van der Waals surface area (Å²) in [5.41, 5.74) is -1.24. The van der Waals surface area contributed by atoms with Crippen LogP contribution in [0.2, 0.25) is 0 Å². The summed E-state index contributed by atoms with van der Waals surface area (Å²) in [6, 6.07) is 0.345. The maximum absolute atomic E-state index is 11.4. The monoisotopic (exact) mass is 257 g/mol. The van der Waals surface area contributed by atoms with Gasteiger partial charge in [0.2, 0.25) is 0 Å². The molecular weight excluding hydrogens is 230 g/mol. The van der Waals surface area contributed by atoms with Gasteiger partial charge in [0.1, 0.15) is 0 Å². The maximum atomic E-state index is 11.4. The van der Waals surface area contributed by atoms with Crippen molar-refractivity contribution in [1.82, 2.24) is 5.32 Å². The molecule has 2 atom stereocenters.